The first-order valence-electron chi connectivity index (χ1n) is 5.21. The molecule has 1 aromatic rings. The van der Waals surface area contributed by atoms with Crippen molar-refractivity contribution in [3.8, 4) is 0 Å². The summed E-state index contributed by atoms with van der Waals surface area (Å²) in [6, 6.07) is 3.00. The van der Waals surface area contributed by atoms with Gasteiger partial charge in [-0.25, -0.2) is 9.78 Å². The lowest BCUT2D eigenvalue weighted by Gasteiger charge is -2.17. The molecule has 0 radical (unpaired) electrons. The summed E-state index contributed by atoms with van der Waals surface area (Å²) in [5.74, 6) is -5.36. The summed E-state index contributed by atoms with van der Waals surface area (Å²) in [5.41, 5.74) is 0.300. The fraction of sp³-hybridized carbons (Fsp3) is 0. The zero-order chi connectivity index (χ0) is 16.2. The Balaban J connectivity index is 0.000000397. The molecule has 1 aromatic heterocycles. The van der Waals surface area contributed by atoms with Crippen molar-refractivity contribution in [1.82, 2.24) is 0 Å². The minimum Gasteiger partial charge on any atom is -0.869 e. The Kier molecular flexibility index (Phi) is 7.23. The maximum atomic E-state index is 10.8. The maximum Gasteiger partial charge on any atom is 0.336 e. The van der Waals surface area contributed by atoms with Crippen molar-refractivity contribution in [3.05, 3.63) is 51.7 Å². The van der Waals surface area contributed by atoms with Crippen LogP contribution in [-0.4, -0.2) is 33.2 Å². The fourth-order valence-electron chi connectivity index (χ4n) is 1.14. The number of ketones is 2. The Hall–Kier alpha value is -2.42. The molecule has 22 heavy (non-hydrogen) atoms. The minimum absolute atomic E-state index is 0. The quantitative estimate of drug-likeness (QED) is 0.639. The molecule has 0 aliphatic heterocycles. The van der Waals surface area contributed by atoms with Gasteiger partial charge in [-0.3, -0.25) is 9.59 Å². The molecule has 1 heterocycles. The smallest absolute Gasteiger partial charge is 0.336 e. The molecular weight excluding hydrogens is 341 g/mol. The number of aliphatic hydroxyl groups is 1. The number of carboxylic acid groups (broad SMARTS) is 1. The molecule has 10 heteroatoms. The Morgan fingerprint density at radius 2 is 1.59 bits per heavy atom. The summed E-state index contributed by atoms with van der Waals surface area (Å²) in [4.78, 5) is 34.4. The van der Waals surface area contributed by atoms with Crippen LogP contribution in [0.25, 0.3) is 0 Å². The van der Waals surface area contributed by atoms with Crippen LogP contribution in [0, 0.1) is 0 Å². The van der Waals surface area contributed by atoms with Crippen LogP contribution >= 0.6 is 23.2 Å². The third-order valence-corrected chi connectivity index (χ3v) is 2.89. The van der Waals surface area contributed by atoms with Gasteiger partial charge in [-0.05, 0) is 5.76 Å². The van der Waals surface area contributed by atoms with Crippen LogP contribution in [0.3, 0.4) is 0 Å². The van der Waals surface area contributed by atoms with Crippen molar-refractivity contribution < 1.29 is 40.2 Å². The monoisotopic (exact) mass is 349 g/mol. The summed E-state index contributed by atoms with van der Waals surface area (Å²) in [6.07, 6.45) is 3.15. The van der Waals surface area contributed by atoms with Gasteiger partial charge in [0.15, 0.2) is 23.9 Å². The highest BCUT2D eigenvalue weighted by molar-refractivity contribution is 6.55. The third-order valence-electron chi connectivity index (χ3n) is 2.19. The maximum absolute atomic E-state index is 10.8. The molecule has 0 unspecified atom stereocenters. The van der Waals surface area contributed by atoms with E-state index in [1.165, 1.54) is 12.1 Å². The first-order valence-corrected chi connectivity index (χ1v) is 5.97. The van der Waals surface area contributed by atoms with E-state index >= 15 is 0 Å². The van der Waals surface area contributed by atoms with Crippen LogP contribution in [0.1, 0.15) is 10.4 Å². The van der Waals surface area contributed by atoms with Crippen molar-refractivity contribution in [2.45, 2.75) is 0 Å². The summed E-state index contributed by atoms with van der Waals surface area (Å²) in [7, 11) is 0. The lowest BCUT2D eigenvalue weighted by Crippen LogP contribution is -2.26. The number of aromatic nitrogens is 1. The molecule has 0 saturated carbocycles. The second-order valence-electron chi connectivity index (χ2n) is 3.56. The van der Waals surface area contributed by atoms with Crippen molar-refractivity contribution in [1.29, 1.82) is 0 Å². The molecular formula is C12H9Cl2NO7. The SMILES string of the molecule is O.O=C(O)c1cc[nH+]cc1.O=C1C(O)=C(Cl)C(=O)C([O-])=C1Cl. The number of pyridine rings is 1. The number of carboxylic acids is 1. The van der Waals surface area contributed by atoms with Gasteiger partial charge in [0.2, 0.25) is 5.78 Å². The lowest BCUT2D eigenvalue weighted by atomic mass is 10.1. The Morgan fingerprint density at radius 3 is 2.00 bits per heavy atom. The molecule has 5 N–H and O–H groups in total. The Morgan fingerprint density at radius 1 is 1.09 bits per heavy atom. The topological polar surface area (TPSA) is 160 Å². The summed E-state index contributed by atoms with van der Waals surface area (Å²) < 4.78 is 0. The number of hydrogen-bond donors (Lipinski definition) is 2. The van der Waals surface area contributed by atoms with E-state index in [0.717, 1.165) is 0 Å². The molecule has 8 nitrogen and oxygen atoms in total. The average molecular weight is 350 g/mol. The number of carbonyl (C=O) groups excluding carboxylic acids is 2. The predicted molar refractivity (Wildman–Crippen MR) is 72.0 cm³/mol. The molecule has 118 valence electrons. The first kappa shape index (κ1) is 19.6. The van der Waals surface area contributed by atoms with Crippen molar-refractivity contribution in [2.75, 3.05) is 0 Å². The van der Waals surface area contributed by atoms with E-state index < -0.39 is 39.1 Å². The Labute approximate surface area is 133 Å². The van der Waals surface area contributed by atoms with E-state index in [2.05, 4.69) is 4.98 Å². The van der Waals surface area contributed by atoms with Crippen LogP contribution in [0.2, 0.25) is 0 Å². The van der Waals surface area contributed by atoms with Crippen molar-refractivity contribution in [3.63, 3.8) is 0 Å². The first-order chi connectivity index (χ1) is 9.77. The van der Waals surface area contributed by atoms with E-state index in [-0.39, 0.29) is 5.48 Å². The molecule has 1 aliphatic carbocycles. The van der Waals surface area contributed by atoms with E-state index in [4.69, 9.17) is 33.4 Å². The molecule has 0 bridgehead atoms. The second-order valence-corrected chi connectivity index (χ2v) is 4.31. The van der Waals surface area contributed by atoms with Crippen LogP contribution in [0.5, 0.6) is 0 Å². The Bertz CT molecular complexity index is 605. The molecule has 0 atom stereocenters. The number of nitrogens with one attached hydrogen (secondary N) is 1. The van der Waals surface area contributed by atoms with Crippen LogP contribution < -0.4 is 10.1 Å². The van der Waals surface area contributed by atoms with E-state index in [9.17, 15) is 19.5 Å². The summed E-state index contributed by atoms with van der Waals surface area (Å²) in [6.45, 7) is 0. The molecule has 0 fully saturated rings. The number of rotatable bonds is 1. The van der Waals surface area contributed by atoms with E-state index in [1.807, 2.05) is 0 Å². The van der Waals surface area contributed by atoms with Gasteiger partial charge >= 0.3 is 5.97 Å². The third kappa shape index (κ3) is 4.29. The normalized spacial score (nSPS) is 14.1. The van der Waals surface area contributed by atoms with Crippen molar-refractivity contribution in [2.24, 2.45) is 0 Å². The van der Waals surface area contributed by atoms with Gasteiger partial charge in [-0.2, -0.15) is 0 Å². The van der Waals surface area contributed by atoms with Crippen LogP contribution in [-0.2, 0) is 9.59 Å². The molecule has 0 saturated heterocycles. The molecule has 0 aromatic carbocycles. The number of carbonyl (C=O) groups is 3. The fourth-order valence-corrected chi connectivity index (χ4v) is 1.49. The predicted octanol–water partition coefficient (Wildman–Crippen LogP) is -0.669. The van der Waals surface area contributed by atoms with Crippen LogP contribution in [0.15, 0.2) is 46.1 Å². The molecule has 1 aliphatic rings. The van der Waals surface area contributed by atoms with Crippen molar-refractivity contribution >= 4 is 40.7 Å². The number of aromatic amines is 1. The zero-order valence-corrected chi connectivity index (χ0v) is 12.1. The van der Waals surface area contributed by atoms with Gasteiger partial charge in [0.1, 0.15) is 5.03 Å². The van der Waals surface area contributed by atoms with Gasteiger partial charge < -0.3 is 20.8 Å². The van der Waals surface area contributed by atoms with Gasteiger partial charge in [-0.1, -0.05) is 23.2 Å². The van der Waals surface area contributed by atoms with Gasteiger partial charge in [0, 0.05) is 12.1 Å². The highest BCUT2D eigenvalue weighted by atomic mass is 35.5. The highest BCUT2D eigenvalue weighted by Crippen LogP contribution is 2.24. The summed E-state index contributed by atoms with van der Waals surface area (Å²) >= 11 is 10.3. The number of Topliss-reactive ketones (excluding diaryl/α,β-unsaturated/α-hetero) is 2. The number of H-pyrrole nitrogens is 1. The van der Waals surface area contributed by atoms with Gasteiger partial charge in [0.05, 0.1) is 10.6 Å². The molecule has 0 amide bonds. The number of aliphatic hydroxyl groups excluding tert-OH is 1. The van der Waals surface area contributed by atoms with E-state index in [0.29, 0.717) is 5.56 Å². The number of aromatic carboxylic acids is 1. The lowest BCUT2D eigenvalue weighted by molar-refractivity contribution is -0.378. The molecule has 0 spiro atoms. The van der Waals surface area contributed by atoms with E-state index in [1.54, 1.807) is 12.4 Å². The number of halogens is 2. The highest BCUT2D eigenvalue weighted by Gasteiger charge is 2.28. The number of hydrogen-bond acceptors (Lipinski definition) is 5. The largest absolute Gasteiger partial charge is 0.869 e. The minimum atomic E-state index is -1.19. The van der Waals surface area contributed by atoms with Gasteiger partial charge in [-0.15, -0.1) is 0 Å². The zero-order valence-electron chi connectivity index (χ0n) is 10.6. The molecule has 2 rings (SSSR count). The standard InChI is InChI=1S/C6H2Cl2O4.C6H5NO2.H2O/c7-1-3(9)5(11)2(8)6(12)4(1)10;8-6(9)5-1-3-7-4-2-5;/h9,12H;1-4H,(H,8,9);1H2. The van der Waals surface area contributed by atoms with Gasteiger partial charge in [0.25, 0.3) is 0 Å². The summed E-state index contributed by atoms with van der Waals surface area (Å²) in [5, 5.41) is 26.3. The average Bonchev–Trinajstić information content (AvgIpc) is 2.50. The number of allylic oxidation sites excluding steroid dienone is 2. The second kappa shape index (κ2) is 8.13. The van der Waals surface area contributed by atoms with Crippen LogP contribution in [0.4, 0.5) is 0 Å².